The van der Waals surface area contributed by atoms with E-state index in [-0.39, 0.29) is 5.75 Å². The van der Waals surface area contributed by atoms with E-state index in [4.69, 9.17) is 4.74 Å². The predicted octanol–water partition coefficient (Wildman–Crippen LogP) is 3.98. The maximum absolute atomic E-state index is 12.7. The number of aliphatic imine (C=N–C) groups is 1. The fraction of sp³-hybridized carbons (Fsp3) is 0.381. The van der Waals surface area contributed by atoms with Gasteiger partial charge in [0.15, 0.2) is 5.84 Å². The SMILES string of the molecule is FC(F)(F)Oc1cccc(C2=CC3CC3C=C3C(N4CCOCC4)=NC=CN32)c1. The lowest BCUT2D eigenvalue weighted by Crippen LogP contribution is -2.44. The second kappa shape index (κ2) is 6.95. The van der Waals surface area contributed by atoms with Gasteiger partial charge in [-0.05, 0) is 30.4 Å². The normalized spacial score (nSPS) is 26.0. The third-order valence-corrected chi connectivity index (χ3v) is 5.47. The number of fused-ring (bicyclic) bond motifs is 2. The van der Waals surface area contributed by atoms with E-state index in [1.54, 1.807) is 12.3 Å². The number of benzene rings is 1. The van der Waals surface area contributed by atoms with Gasteiger partial charge in [0, 0.05) is 36.7 Å². The zero-order chi connectivity index (χ0) is 20.0. The summed E-state index contributed by atoms with van der Waals surface area (Å²) in [5.74, 6) is 1.48. The van der Waals surface area contributed by atoms with Gasteiger partial charge in [0.25, 0.3) is 0 Å². The first-order valence-electron chi connectivity index (χ1n) is 9.64. The standard InChI is InChI=1S/C21H20F3N3O2/c22-21(23,24)29-17-3-1-2-14(11-17)18-12-15-10-16(15)13-19-20(25-4-5-27(18)19)26-6-8-28-9-7-26/h1-5,11-13,15-16H,6-10H2. The maximum atomic E-state index is 12.7. The Labute approximate surface area is 166 Å². The second-order valence-electron chi connectivity index (χ2n) is 7.46. The molecule has 0 spiro atoms. The Morgan fingerprint density at radius 3 is 2.59 bits per heavy atom. The minimum Gasteiger partial charge on any atom is -0.406 e. The quantitative estimate of drug-likeness (QED) is 0.749. The Morgan fingerprint density at radius 1 is 1.07 bits per heavy atom. The molecule has 5 nitrogen and oxygen atoms in total. The first kappa shape index (κ1) is 18.3. The van der Waals surface area contributed by atoms with Crippen molar-refractivity contribution in [1.29, 1.82) is 0 Å². The van der Waals surface area contributed by atoms with Crippen LogP contribution in [0.15, 0.2) is 59.5 Å². The number of morpholine rings is 1. The molecule has 0 radical (unpaired) electrons. The van der Waals surface area contributed by atoms with Crippen molar-refractivity contribution in [2.75, 3.05) is 26.3 Å². The Kier molecular flexibility index (Phi) is 4.38. The van der Waals surface area contributed by atoms with Gasteiger partial charge in [0.1, 0.15) is 5.75 Å². The Morgan fingerprint density at radius 2 is 1.83 bits per heavy atom. The zero-order valence-electron chi connectivity index (χ0n) is 15.6. The van der Waals surface area contributed by atoms with Gasteiger partial charge in [-0.1, -0.05) is 24.3 Å². The molecule has 2 atom stereocenters. The summed E-state index contributed by atoms with van der Waals surface area (Å²) in [7, 11) is 0. The van der Waals surface area contributed by atoms with Crippen LogP contribution in [-0.2, 0) is 4.74 Å². The number of hydrogen-bond donors (Lipinski definition) is 0. The molecular formula is C21H20F3N3O2. The number of nitrogens with zero attached hydrogens (tertiary/aromatic N) is 3. The second-order valence-corrected chi connectivity index (χ2v) is 7.46. The molecule has 1 saturated heterocycles. The third-order valence-electron chi connectivity index (χ3n) is 5.47. The van der Waals surface area contributed by atoms with Crippen LogP contribution in [-0.4, -0.2) is 48.3 Å². The highest BCUT2D eigenvalue weighted by atomic mass is 19.4. The molecule has 3 heterocycles. The van der Waals surface area contributed by atoms with E-state index in [0.29, 0.717) is 30.6 Å². The van der Waals surface area contributed by atoms with Crippen molar-refractivity contribution in [3.63, 3.8) is 0 Å². The highest BCUT2D eigenvalue weighted by Crippen LogP contribution is 2.48. The highest BCUT2D eigenvalue weighted by Gasteiger charge is 2.40. The fourth-order valence-corrected chi connectivity index (χ4v) is 4.00. The van der Waals surface area contributed by atoms with Crippen molar-refractivity contribution in [3.8, 4) is 5.75 Å². The maximum Gasteiger partial charge on any atom is 0.573 e. The number of halogens is 3. The lowest BCUT2D eigenvalue weighted by atomic mass is 10.1. The monoisotopic (exact) mass is 403 g/mol. The average molecular weight is 403 g/mol. The summed E-state index contributed by atoms with van der Waals surface area (Å²) in [5, 5.41) is 0. The van der Waals surface area contributed by atoms with Crippen LogP contribution in [0.5, 0.6) is 5.75 Å². The van der Waals surface area contributed by atoms with Gasteiger partial charge >= 0.3 is 6.36 Å². The van der Waals surface area contributed by atoms with Gasteiger partial charge in [-0.15, -0.1) is 13.2 Å². The van der Waals surface area contributed by atoms with E-state index in [2.05, 4.69) is 26.8 Å². The molecule has 2 unspecified atom stereocenters. The Bertz CT molecular complexity index is 929. The van der Waals surface area contributed by atoms with Crippen LogP contribution in [0.25, 0.3) is 5.70 Å². The van der Waals surface area contributed by atoms with Crippen molar-refractivity contribution < 1.29 is 22.6 Å². The van der Waals surface area contributed by atoms with Gasteiger partial charge in [-0.2, -0.15) is 0 Å². The first-order chi connectivity index (χ1) is 14.0. The van der Waals surface area contributed by atoms with Gasteiger partial charge in [0.05, 0.1) is 18.9 Å². The molecule has 1 saturated carbocycles. The van der Waals surface area contributed by atoms with Gasteiger partial charge < -0.3 is 19.3 Å². The fourth-order valence-electron chi connectivity index (χ4n) is 4.00. The van der Waals surface area contributed by atoms with Gasteiger partial charge in [-0.25, -0.2) is 4.99 Å². The summed E-state index contributed by atoms with van der Waals surface area (Å²) in [6.45, 7) is 2.84. The zero-order valence-corrected chi connectivity index (χ0v) is 15.6. The number of allylic oxidation sites excluding steroid dienone is 2. The average Bonchev–Trinajstić information content (AvgIpc) is 3.44. The van der Waals surface area contributed by atoms with E-state index in [0.717, 1.165) is 36.7 Å². The number of rotatable bonds is 2. The summed E-state index contributed by atoms with van der Waals surface area (Å²) >= 11 is 0. The Hall–Kier alpha value is -2.74. The largest absolute Gasteiger partial charge is 0.573 e. The molecule has 0 amide bonds. The molecule has 8 heteroatoms. The van der Waals surface area contributed by atoms with Crippen molar-refractivity contribution in [2.24, 2.45) is 16.8 Å². The van der Waals surface area contributed by atoms with Gasteiger partial charge in [-0.3, -0.25) is 0 Å². The van der Waals surface area contributed by atoms with Crippen LogP contribution < -0.4 is 4.74 Å². The molecule has 0 N–H and O–H groups in total. The molecule has 152 valence electrons. The van der Waals surface area contributed by atoms with Gasteiger partial charge in [0.2, 0.25) is 0 Å². The van der Waals surface area contributed by atoms with Crippen molar-refractivity contribution in [3.05, 3.63) is 60.1 Å². The van der Waals surface area contributed by atoms with Crippen LogP contribution in [0.3, 0.4) is 0 Å². The number of amidine groups is 1. The summed E-state index contributed by atoms with van der Waals surface area (Å²) in [6.07, 6.45) is 4.31. The number of ether oxygens (including phenoxy) is 2. The van der Waals surface area contributed by atoms with Crippen LogP contribution in [0.4, 0.5) is 13.2 Å². The smallest absolute Gasteiger partial charge is 0.406 e. The summed E-state index contributed by atoms with van der Waals surface area (Å²) in [4.78, 5) is 8.85. The summed E-state index contributed by atoms with van der Waals surface area (Å²) in [6, 6.07) is 6.15. The molecule has 1 aliphatic carbocycles. The van der Waals surface area contributed by atoms with E-state index in [9.17, 15) is 13.2 Å². The first-order valence-corrected chi connectivity index (χ1v) is 9.64. The Balaban J connectivity index is 1.49. The molecule has 5 rings (SSSR count). The van der Waals surface area contributed by atoms with Crippen molar-refractivity contribution >= 4 is 11.5 Å². The lowest BCUT2D eigenvalue weighted by Gasteiger charge is -2.36. The third kappa shape index (κ3) is 3.76. The van der Waals surface area contributed by atoms with Crippen LogP contribution in [0, 0.1) is 11.8 Å². The van der Waals surface area contributed by atoms with E-state index < -0.39 is 6.36 Å². The molecule has 29 heavy (non-hydrogen) atoms. The number of hydrogen-bond acceptors (Lipinski definition) is 5. The number of alkyl halides is 3. The molecule has 3 aliphatic heterocycles. The highest BCUT2D eigenvalue weighted by molar-refractivity contribution is 6.01. The van der Waals surface area contributed by atoms with Crippen LogP contribution >= 0.6 is 0 Å². The minimum absolute atomic E-state index is 0.221. The van der Waals surface area contributed by atoms with Crippen molar-refractivity contribution in [2.45, 2.75) is 12.8 Å². The molecule has 1 aromatic carbocycles. The van der Waals surface area contributed by atoms with Crippen molar-refractivity contribution in [1.82, 2.24) is 9.80 Å². The molecule has 4 aliphatic rings. The predicted molar refractivity (Wildman–Crippen MR) is 102 cm³/mol. The summed E-state index contributed by atoms with van der Waals surface area (Å²) < 4.78 is 47.6. The summed E-state index contributed by atoms with van der Waals surface area (Å²) in [5.41, 5.74) is 2.51. The lowest BCUT2D eigenvalue weighted by molar-refractivity contribution is -0.274. The van der Waals surface area contributed by atoms with E-state index in [1.807, 2.05) is 17.2 Å². The molecule has 0 aromatic heterocycles. The van der Waals surface area contributed by atoms with E-state index in [1.165, 1.54) is 12.1 Å². The van der Waals surface area contributed by atoms with Crippen LogP contribution in [0.2, 0.25) is 0 Å². The molecular weight excluding hydrogens is 383 g/mol. The molecule has 2 fully saturated rings. The topological polar surface area (TPSA) is 37.3 Å². The molecule has 1 aromatic rings. The minimum atomic E-state index is -4.72. The van der Waals surface area contributed by atoms with Crippen LogP contribution in [0.1, 0.15) is 12.0 Å². The van der Waals surface area contributed by atoms with E-state index >= 15 is 0 Å². The molecule has 0 bridgehead atoms.